The number of hydrogen-bond donors (Lipinski definition) is 3. The lowest BCUT2D eigenvalue weighted by molar-refractivity contribution is -0.142. The summed E-state index contributed by atoms with van der Waals surface area (Å²) in [5.74, 6) is -1.59. The highest BCUT2D eigenvalue weighted by Gasteiger charge is 2.29. The number of carbonyl (C=O) groups is 2. The average molecular weight is 303 g/mol. The maximum absolute atomic E-state index is 11.5. The second-order valence-corrected chi connectivity index (χ2v) is 4.97. The van der Waals surface area contributed by atoms with Crippen molar-refractivity contribution in [2.45, 2.75) is 25.9 Å². The molecule has 0 spiro atoms. The predicted octanol–water partition coefficient (Wildman–Crippen LogP) is 0.976. The van der Waals surface area contributed by atoms with E-state index in [9.17, 15) is 9.59 Å². The van der Waals surface area contributed by atoms with E-state index in [4.69, 9.17) is 5.11 Å². The van der Waals surface area contributed by atoms with Gasteiger partial charge >= 0.3 is 5.97 Å². The van der Waals surface area contributed by atoms with Gasteiger partial charge in [0.2, 0.25) is 5.91 Å². The van der Waals surface area contributed by atoms with Gasteiger partial charge in [-0.15, -0.1) is 0 Å². The number of allylic oxidation sites excluding steroid dienone is 2. The quantitative estimate of drug-likeness (QED) is 0.723. The maximum atomic E-state index is 11.5. The van der Waals surface area contributed by atoms with Crippen molar-refractivity contribution in [3.05, 3.63) is 22.8 Å². The van der Waals surface area contributed by atoms with Crippen LogP contribution in [-0.2, 0) is 9.59 Å². The van der Waals surface area contributed by atoms with E-state index in [-0.39, 0.29) is 11.8 Å². The van der Waals surface area contributed by atoms with Crippen molar-refractivity contribution >= 4 is 27.8 Å². The number of halogens is 1. The number of rotatable bonds is 4. The summed E-state index contributed by atoms with van der Waals surface area (Å²) >= 11 is 3.27. The highest BCUT2D eigenvalue weighted by Crippen LogP contribution is 2.14. The van der Waals surface area contributed by atoms with Crippen molar-refractivity contribution in [2.24, 2.45) is 5.92 Å². The number of carbonyl (C=O) groups excluding carboxylic acids is 1. The van der Waals surface area contributed by atoms with Crippen LogP contribution in [0.3, 0.4) is 0 Å². The molecule has 3 N–H and O–H groups in total. The van der Waals surface area contributed by atoms with Crippen molar-refractivity contribution in [3.63, 3.8) is 0 Å². The molecule has 0 aromatic rings. The molecule has 0 aromatic carbocycles. The molecule has 0 bridgehead atoms. The third-order valence-electron chi connectivity index (χ3n) is 2.32. The number of amides is 1. The van der Waals surface area contributed by atoms with Crippen LogP contribution in [0.1, 0.15) is 13.8 Å². The molecule has 1 amide bonds. The van der Waals surface area contributed by atoms with Crippen molar-refractivity contribution in [3.8, 4) is 0 Å². The van der Waals surface area contributed by atoms with E-state index in [0.717, 1.165) is 4.48 Å². The number of aliphatic carboxylic acids is 1. The van der Waals surface area contributed by atoms with Crippen molar-refractivity contribution in [1.29, 1.82) is 0 Å². The second-order valence-electron chi connectivity index (χ2n) is 4.06. The number of carboxylic acid groups (broad SMARTS) is 1. The van der Waals surface area contributed by atoms with Crippen LogP contribution in [0.4, 0.5) is 0 Å². The molecule has 1 rings (SSSR count). The third-order valence-corrected chi connectivity index (χ3v) is 2.85. The Bertz CT molecular complexity index is 377. The lowest BCUT2D eigenvalue weighted by Gasteiger charge is -2.25. The van der Waals surface area contributed by atoms with Crippen molar-refractivity contribution in [2.75, 3.05) is 0 Å². The highest BCUT2D eigenvalue weighted by atomic mass is 79.9. The molecule has 2 atom stereocenters. The summed E-state index contributed by atoms with van der Waals surface area (Å²) in [5, 5.41) is 14.5. The number of carboxylic acids is 1. The van der Waals surface area contributed by atoms with Crippen LogP contribution in [0.15, 0.2) is 22.8 Å². The van der Waals surface area contributed by atoms with Gasteiger partial charge in [0.05, 0.1) is 6.04 Å². The zero-order valence-electron chi connectivity index (χ0n) is 9.61. The molecule has 94 valence electrons. The van der Waals surface area contributed by atoms with Crippen LogP contribution in [-0.4, -0.2) is 29.1 Å². The number of dihydropyridines is 1. The average Bonchev–Trinajstić information content (AvgIpc) is 2.24. The molecule has 1 aliphatic rings. The molecule has 0 radical (unpaired) electrons. The fourth-order valence-electron chi connectivity index (χ4n) is 1.33. The highest BCUT2D eigenvalue weighted by molar-refractivity contribution is 9.11. The van der Waals surface area contributed by atoms with Gasteiger partial charge in [-0.1, -0.05) is 29.8 Å². The Morgan fingerprint density at radius 1 is 1.53 bits per heavy atom. The van der Waals surface area contributed by atoms with E-state index in [2.05, 4.69) is 26.6 Å². The minimum absolute atomic E-state index is 0.247. The Kier molecular flexibility index (Phi) is 4.74. The normalized spacial score (nSPS) is 20.5. The van der Waals surface area contributed by atoms with Crippen LogP contribution in [0.5, 0.6) is 0 Å². The standard InChI is InChI=1S/C11H15BrN2O3/c1-6(2)10(15)14-9(11(16)17)8-5-7(12)3-4-13-8/h3-6,8-9,13H,1-2H3,(H,14,15)(H,16,17). The molecular formula is C11H15BrN2O3. The van der Waals surface area contributed by atoms with Gasteiger partial charge in [0.1, 0.15) is 0 Å². The van der Waals surface area contributed by atoms with Crippen molar-refractivity contribution in [1.82, 2.24) is 10.6 Å². The minimum Gasteiger partial charge on any atom is -0.480 e. The van der Waals surface area contributed by atoms with Crippen molar-refractivity contribution < 1.29 is 14.7 Å². The van der Waals surface area contributed by atoms with Gasteiger partial charge in [0, 0.05) is 10.4 Å². The molecule has 0 aliphatic carbocycles. The van der Waals surface area contributed by atoms with Gasteiger partial charge in [-0.05, 0) is 18.4 Å². The topological polar surface area (TPSA) is 78.4 Å². The predicted molar refractivity (Wildman–Crippen MR) is 67.5 cm³/mol. The Morgan fingerprint density at radius 2 is 2.18 bits per heavy atom. The number of hydrogen-bond acceptors (Lipinski definition) is 3. The van der Waals surface area contributed by atoms with Crippen LogP contribution in [0.2, 0.25) is 0 Å². The monoisotopic (exact) mass is 302 g/mol. The SMILES string of the molecule is CC(C)C(=O)NC(C(=O)O)C1C=C(Br)C=CN1. The summed E-state index contributed by atoms with van der Waals surface area (Å²) in [5.41, 5.74) is 0. The van der Waals surface area contributed by atoms with Gasteiger partial charge in [0.15, 0.2) is 6.04 Å². The number of nitrogens with one attached hydrogen (secondary N) is 2. The molecular weight excluding hydrogens is 288 g/mol. The van der Waals surface area contributed by atoms with Crippen LogP contribution >= 0.6 is 15.9 Å². The van der Waals surface area contributed by atoms with Gasteiger partial charge in [-0.2, -0.15) is 0 Å². The lowest BCUT2D eigenvalue weighted by Crippen LogP contribution is -2.53. The molecule has 0 aromatic heterocycles. The van der Waals surface area contributed by atoms with Crippen LogP contribution in [0, 0.1) is 5.92 Å². The summed E-state index contributed by atoms with van der Waals surface area (Å²) in [6.07, 6.45) is 5.12. The summed E-state index contributed by atoms with van der Waals surface area (Å²) in [7, 11) is 0. The molecule has 5 nitrogen and oxygen atoms in total. The first kappa shape index (κ1) is 13.8. The Morgan fingerprint density at radius 3 is 2.65 bits per heavy atom. The Labute approximate surface area is 108 Å². The zero-order valence-corrected chi connectivity index (χ0v) is 11.2. The first-order valence-corrected chi connectivity index (χ1v) is 6.04. The van der Waals surface area contributed by atoms with Gasteiger partial charge in [-0.3, -0.25) is 4.79 Å². The van der Waals surface area contributed by atoms with Crippen LogP contribution < -0.4 is 10.6 Å². The van der Waals surface area contributed by atoms with Gasteiger partial charge in [-0.25, -0.2) is 4.79 Å². The summed E-state index contributed by atoms with van der Waals surface area (Å²) in [6, 6.07) is -1.45. The van der Waals surface area contributed by atoms with Gasteiger partial charge in [0.25, 0.3) is 0 Å². The van der Waals surface area contributed by atoms with Crippen LogP contribution in [0.25, 0.3) is 0 Å². The third kappa shape index (κ3) is 3.89. The lowest BCUT2D eigenvalue weighted by atomic mass is 10.1. The van der Waals surface area contributed by atoms with E-state index < -0.39 is 18.1 Å². The Hall–Kier alpha value is -1.30. The fraction of sp³-hybridized carbons (Fsp3) is 0.455. The molecule has 1 heterocycles. The van der Waals surface area contributed by atoms with E-state index in [1.165, 1.54) is 0 Å². The zero-order chi connectivity index (χ0) is 13.0. The summed E-state index contributed by atoms with van der Waals surface area (Å²) in [6.45, 7) is 3.43. The maximum Gasteiger partial charge on any atom is 0.328 e. The minimum atomic E-state index is -1.07. The largest absolute Gasteiger partial charge is 0.480 e. The molecule has 2 unspecified atom stereocenters. The molecule has 0 saturated heterocycles. The Balaban J connectivity index is 2.77. The smallest absolute Gasteiger partial charge is 0.328 e. The van der Waals surface area contributed by atoms with E-state index in [1.807, 2.05) is 0 Å². The van der Waals surface area contributed by atoms with Gasteiger partial charge < -0.3 is 15.7 Å². The first-order chi connectivity index (χ1) is 7.91. The molecule has 6 heteroatoms. The second kappa shape index (κ2) is 5.86. The summed E-state index contributed by atoms with van der Waals surface area (Å²) < 4.78 is 0.784. The van der Waals surface area contributed by atoms with E-state index in [0.29, 0.717) is 0 Å². The first-order valence-electron chi connectivity index (χ1n) is 5.25. The van der Waals surface area contributed by atoms with E-state index >= 15 is 0 Å². The molecule has 17 heavy (non-hydrogen) atoms. The molecule has 1 aliphatic heterocycles. The molecule has 0 saturated carbocycles. The summed E-state index contributed by atoms with van der Waals surface area (Å²) in [4.78, 5) is 22.7. The fourth-order valence-corrected chi connectivity index (χ4v) is 1.75. The molecule has 0 fully saturated rings. The van der Waals surface area contributed by atoms with E-state index in [1.54, 1.807) is 32.2 Å².